The minimum Gasteiger partial charge on any atom is -0.327 e. The first-order chi connectivity index (χ1) is 9.58. The zero-order valence-electron chi connectivity index (χ0n) is 11.1. The fourth-order valence-corrected chi connectivity index (χ4v) is 3.08. The molecule has 0 fully saturated rings. The molecule has 1 atom stereocenters. The largest absolute Gasteiger partial charge is 0.327 e. The van der Waals surface area contributed by atoms with Crippen LogP contribution in [-0.4, -0.2) is 11.0 Å². The maximum absolute atomic E-state index is 6.33. The van der Waals surface area contributed by atoms with Gasteiger partial charge in [0.15, 0.2) is 0 Å². The molecule has 1 unspecified atom stereocenters. The Morgan fingerprint density at radius 1 is 1.35 bits per heavy atom. The van der Waals surface area contributed by atoms with E-state index in [0.29, 0.717) is 0 Å². The van der Waals surface area contributed by atoms with Gasteiger partial charge < -0.3 is 5.73 Å². The van der Waals surface area contributed by atoms with E-state index in [9.17, 15) is 0 Å². The molecule has 0 aliphatic carbocycles. The van der Waals surface area contributed by atoms with Crippen molar-refractivity contribution >= 4 is 39.3 Å². The van der Waals surface area contributed by atoms with Gasteiger partial charge in [0.25, 0.3) is 0 Å². The standard InChI is InChI=1S/C15H16BrClN2S/c1-2-12(18)7-10-3-5-13(8-14(10)17)20-15-6-4-11(16)9-19-15/h3-6,8-9,12H,2,7,18H2,1H3. The molecule has 0 radical (unpaired) electrons. The molecule has 1 aromatic heterocycles. The summed E-state index contributed by atoms with van der Waals surface area (Å²) in [6.45, 7) is 2.09. The number of nitrogens with two attached hydrogens (primary N) is 1. The molecule has 20 heavy (non-hydrogen) atoms. The molecule has 0 bridgehead atoms. The highest BCUT2D eigenvalue weighted by atomic mass is 79.9. The summed E-state index contributed by atoms with van der Waals surface area (Å²) in [4.78, 5) is 5.42. The lowest BCUT2D eigenvalue weighted by molar-refractivity contribution is 0.646. The first kappa shape index (κ1) is 15.8. The minimum atomic E-state index is 0.166. The maximum Gasteiger partial charge on any atom is 0.101 e. The first-order valence-corrected chi connectivity index (χ1v) is 8.40. The van der Waals surface area contributed by atoms with E-state index in [2.05, 4.69) is 40.0 Å². The van der Waals surface area contributed by atoms with E-state index in [0.717, 1.165) is 37.8 Å². The molecule has 5 heteroatoms. The maximum atomic E-state index is 6.33. The molecule has 0 aliphatic rings. The second kappa shape index (κ2) is 7.46. The minimum absolute atomic E-state index is 0.166. The third-order valence-electron chi connectivity index (χ3n) is 2.95. The summed E-state index contributed by atoms with van der Waals surface area (Å²) in [5, 5.41) is 1.72. The molecular formula is C15H16BrClN2S. The monoisotopic (exact) mass is 370 g/mol. The second-order valence-electron chi connectivity index (χ2n) is 4.54. The van der Waals surface area contributed by atoms with Crippen LogP contribution >= 0.6 is 39.3 Å². The fourth-order valence-electron chi connectivity index (χ4n) is 1.73. The van der Waals surface area contributed by atoms with Gasteiger partial charge in [-0.3, -0.25) is 0 Å². The van der Waals surface area contributed by atoms with E-state index in [4.69, 9.17) is 17.3 Å². The van der Waals surface area contributed by atoms with Gasteiger partial charge in [0.2, 0.25) is 0 Å². The Bertz CT molecular complexity index is 575. The topological polar surface area (TPSA) is 38.9 Å². The number of nitrogens with zero attached hydrogens (tertiary/aromatic N) is 1. The van der Waals surface area contributed by atoms with E-state index in [1.54, 1.807) is 18.0 Å². The number of aromatic nitrogens is 1. The Labute approximate surface area is 137 Å². The fraction of sp³-hybridized carbons (Fsp3) is 0.267. The van der Waals surface area contributed by atoms with Gasteiger partial charge >= 0.3 is 0 Å². The molecule has 0 aliphatic heterocycles. The SMILES string of the molecule is CCC(N)Cc1ccc(Sc2ccc(Br)cn2)cc1Cl. The normalized spacial score (nSPS) is 12.4. The molecule has 106 valence electrons. The van der Waals surface area contributed by atoms with Crippen molar-refractivity contribution in [3.05, 3.63) is 51.6 Å². The van der Waals surface area contributed by atoms with Crippen molar-refractivity contribution in [1.29, 1.82) is 0 Å². The number of rotatable bonds is 5. The van der Waals surface area contributed by atoms with Crippen molar-refractivity contribution in [1.82, 2.24) is 4.98 Å². The molecule has 0 saturated carbocycles. The van der Waals surface area contributed by atoms with Crippen molar-refractivity contribution in [2.45, 2.75) is 35.7 Å². The highest BCUT2D eigenvalue weighted by Gasteiger charge is 2.07. The Balaban J connectivity index is 2.10. The van der Waals surface area contributed by atoms with E-state index in [1.807, 2.05) is 18.2 Å². The number of benzene rings is 1. The molecular weight excluding hydrogens is 356 g/mol. The number of halogens is 2. The second-order valence-corrected chi connectivity index (χ2v) is 6.96. The van der Waals surface area contributed by atoms with Crippen LogP contribution < -0.4 is 5.73 Å². The van der Waals surface area contributed by atoms with Crippen LogP contribution in [0.1, 0.15) is 18.9 Å². The van der Waals surface area contributed by atoms with Crippen LogP contribution in [0.15, 0.2) is 50.9 Å². The van der Waals surface area contributed by atoms with Crippen LogP contribution in [0.3, 0.4) is 0 Å². The van der Waals surface area contributed by atoms with Gasteiger partial charge in [-0.05, 0) is 58.6 Å². The molecule has 0 amide bonds. The van der Waals surface area contributed by atoms with Gasteiger partial charge in [0.1, 0.15) is 5.03 Å². The first-order valence-electron chi connectivity index (χ1n) is 6.42. The van der Waals surface area contributed by atoms with E-state index < -0.39 is 0 Å². The number of hydrogen-bond acceptors (Lipinski definition) is 3. The van der Waals surface area contributed by atoms with Crippen LogP contribution in [0, 0.1) is 0 Å². The summed E-state index contributed by atoms with van der Waals surface area (Å²) in [6, 6.07) is 10.2. The summed E-state index contributed by atoms with van der Waals surface area (Å²) >= 11 is 11.3. The smallest absolute Gasteiger partial charge is 0.101 e. The molecule has 2 aromatic rings. The Hall–Kier alpha value is -0.550. The van der Waals surface area contributed by atoms with Crippen LogP contribution in [0.2, 0.25) is 5.02 Å². The molecule has 2 N–H and O–H groups in total. The average Bonchev–Trinajstić information content (AvgIpc) is 2.44. The molecule has 1 aromatic carbocycles. The van der Waals surface area contributed by atoms with Gasteiger partial charge in [-0.1, -0.05) is 36.4 Å². The van der Waals surface area contributed by atoms with Crippen LogP contribution in [0.25, 0.3) is 0 Å². The third kappa shape index (κ3) is 4.48. The van der Waals surface area contributed by atoms with Crippen molar-refractivity contribution < 1.29 is 0 Å². The molecule has 1 heterocycles. The summed E-state index contributed by atoms with van der Waals surface area (Å²) < 4.78 is 0.976. The van der Waals surface area contributed by atoms with Crippen molar-refractivity contribution in [3.8, 4) is 0 Å². The van der Waals surface area contributed by atoms with Gasteiger partial charge in [-0.15, -0.1) is 0 Å². The third-order valence-corrected chi connectivity index (χ3v) is 4.71. The quantitative estimate of drug-likeness (QED) is 0.810. The lowest BCUT2D eigenvalue weighted by atomic mass is 10.1. The predicted octanol–water partition coefficient (Wildman–Crippen LogP) is 4.93. The van der Waals surface area contributed by atoms with Gasteiger partial charge in [-0.25, -0.2) is 4.98 Å². The van der Waals surface area contributed by atoms with Gasteiger partial charge in [0.05, 0.1) is 0 Å². The summed E-state index contributed by atoms with van der Waals surface area (Å²) in [7, 11) is 0. The molecule has 0 saturated heterocycles. The van der Waals surface area contributed by atoms with Gasteiger partial charge in [0, 0.05) is 26.6 Å². The van der Waals surface area contributed by atoms with Crippen LogP contribution in [0.4, 0.5) is 0 Å². The summed E-state index contributed by atoms with van der Waals surface area (Å²) in [5.74, 6) is 0. The number of hydrogen-bond donors (Lipinski definition) is 1. The molecule has 0 spiro atoms. The lowest BCUT2D eigenvalue weighted by Crippen LogP contribution is -2.21. The Morgan fingerprint density at radius 3 is 2.75 bits per heavy atom. The zero-order valence-corrected chi connectivity index (χ0v) is 14.3. The highest BCUT2D eigenvalue weighted by molar-refractivity contribution is 9.10. The van der Waals surface area contributed by atoms with Gasteiger partial charge in [-0.2, -0.15) is 0 Å². The van der Waals surface area contributed by atoms with Crippen LogP contribution in [-0.2, 0) is 6.42 Å². The number of pyridine rings is 1. The zero-order chi connectivity index (χ0) is 14.5. The van der Waals surface area contributed by atoms with E-state index in [1.165, 1.54) is 0 Å². The average molecular weight is 372 g/mol. The van der Waals surface area contributed by atoms with E-state index >= 15 is 0 Å². The lowest BCUT2D eigenvalue weighted by Gasteiger charge is -2.11. The Kier molecular flexibility index (Phi) is 5.90. The predicted molar refractivity (Wildman–Crippen MR) is 89.5 cm³/mol. The molecule has 2 rings (SSSR count). The van der Waals surface area contributed by atoms with Crippen molar-refractivity contribution in [2.75, 3.05) is 0 Å². The summed E-state index contributed by atoms with van der Waals surface area (Å²) in [6.07, 6.45) is 3.56. The van der Waals surface area contributed by atoms with Crippen molar-refractivity contribution in [2.24, 2.45) is 5.73 Å². The van der Waals surface area contributed by atoms with Crippen molar-refractivity contribution in [3.63, 3.8) is 0 Å². The van der Waals surface area contributed by atoms with Crippen LogP contribution in [0.5, 0.6) is 0 Å². The Morgan fingerprint density at radius 2 is 2.15 bits per heavy atom. The van der Waals surface area contributed by atoms with E-state index in [-0.39, 0.29) is 6.04 Å². The molecule has 2 nitrogen and oxygen atoms in total. The highest BCUT2D eigenvalue weighted by Crippen LogP contribution is 2.30. The summed E-state index contributed by atoms with van der Waals surface area (Å²) in [5.41, 5.74) is 7.08.